The van der Waals surface area contributed by atoms with Gasteiger partial charge in [0.1, 0.15) is 17.4 Å². The molecule has 0 amide bonds. The standard InChI is InChI=1S/C11H10BrFO2.C10H6BrFO3/c1-7(14)2-5-11(15)8-3-4-9(12)10(13)6-8;11-7-2-1-6(5-8(7)12)9(13)3-4-10(14)15/h3-4,6H,2,5H2,1H3;1-5H,(H,14,15)/b;4-3+. The van der Waals surface area contributed by atoms with Crippen LogP contribution in [-0.2, 0) is 9.59 Å². The van der Waals surface area contributed by atoms with Crippen molar-refractivity contribution in [3.8, 4) is 0 Å². The van der Waals surface area contributed by atoms with E-state index in [1.165, 1.54) is 37.3 Å². The number of ketones is 3. The number of carbonyl (C=O) groups is 4. The highest BCUT2D eigenvalue weighted by Crippen LogP contribution is 2.18. The number of Topliss-reactive ketones (excluding diaryl/α,β-unsaturated/α-hetero) is 2. The fraction of sp³-hybridized carbons (Fsp3) is 0.143. The van der Waals surface area contributed by atoms with Crippen molar-refractivity contribution in [2.75, 3.05) is 0 Å². The lowest BCUT2D eigenvalue weighted by molar-refractivity contribution is -0.131. The molecule has 9 heteroatoms. The molecule has 0 spiro atoms. The van der Waals surface area contributed by atoms with Gasteiger partial charge in [-0.25, -0.2) is 13.6 Å². The van der Waals surface area contributed by atoms with Gasteiger partial charge in [0, 0.05) is 30.0 Å². The van der Waals surface area contributed by atoms with Crippen LogP contribution >= 0.6 is 31.9 Å². The molecule has 2 aromatic rings. The quantitative estimate of drug-likeness (QED) is 0.364. The fourth-order valence-corrected chi connectivity index (χ4v) is 2.49. The Morgan fingerprint density at radius 2 is 1.37 bits per heavy atom. The lowest BCUT2D eigenvalue weighted by atomic mass is 10.1. The first kappa shape index (κ1) is 25.5. The Morgan fingerprint density at radius 1 is 0.867 bits per heavy atom. The number of halogens is 4. The lowest BCUT2D eigenvalue weighted by Crippen LogP contribution is -2.02. The maximum atomic E-state index is 13.1. The van der Waals surface area contributed by atoms with Gasteiger partial charge in [0.05, 0.1) is 8.95 Å². The average Bonchev–Trinajstić information content (AvgIpc) is 2.68. The molecule has 0 aromatic heterocycles. The topological polar surface area (TPSA) is 88.5 Å². The number of hydrogen-bond donors (Lipinski definition) is 1. The van der Waals surface area contributed by atoms with Crippen LogP contribution < -0.4 is 0 Å². The van der Waals surface area contributed by atoms with E-state index in [1.807, 2.05) is 0 Å². The largest absolute Gasteiger partial charge is 0.478 e. The van der Waals surface area contributed by atoms with Crippen molar-refractivity contribution < 1.29 is 33.1 Å². The molecule has 0 atom stereocenters. The fourth-order valence-electron chi connectivity index (χ4n) is 2.00. The molecule has 0 saturated carbocycles. The Bertz CT molecular complexity index is 1000. The van der Waals surface area contributed by atoms with Gasteiger partial charge < -0.3 is 9.90 Å². The Hall–Kier alpha value is -2.52. The molecule has 0 heterocycles. The van der Waals surface area contributed by atoms with Gasteiger partial charge in [0.25, 0.3) is 0 Å². The van der Waals surface area contributed by atoms with E-state index in [-0.39, 0.29) is 34.4 Å². The zero-order chi connectivity index (χ0) is 22.8. The zero-order valence-electron chi connectivity index (χ0n) is 15.6. The maximum absolute atomic E-state index is 13.1. The number of allylic oxidation sites excluding steroid dienone is 1. The lowest BCUT2D eigenvalue weighted by Gasteiger charge is -2.00. The van der Waals surface area contributed by atoms with E-state index in [2.05, 4.69) is 31.9 Å². The van der Waals surface area contributed by atoms with Gasteiger partial charge in [0.15, 0.2) is 11.6 Å². The van der Waals surface area contributed by atoms with E-state index in [0.29, 0.717) is 16.1 Å². The Kier molecular flexibility index (Phi) is 10.4. The van der Waals surface area contributed by atoms with Gasteiger partial charge in [0.2, 0.25) is 0 Å². The smallest absolute Gasteiger partial charge is 0.328 e. The number of benzene rings is 2. The van der Waals surface area contributed by atoms with Crippen LogP contribution in [0.4, 0.5) is 8.78 Å². The SMILES string of the molecule is CC(=O)CCC(=O)c1ccc(Br)c(F)c1.O=C(O)/C=C/C(=O)c1ccc(Br)c(F)c1. The molecule has 2 aromatic carbocycles. The summed E-state index contributed by atoms with van der Waals surface area (Å²) < 4.78 is 26.6. The molecule has 1 N–H and O–H groups in total. The Morgan fingerprint density at radius 3 is 1.83 bits per heavy atom. The third kappa shape index (κ3) is 8.87. The van der Waals surface area contributed by atoms with Crippen LogP contribution in [0.3, 0.4) is 0 Å². The highest BCUT2D eigenvalue weighted by atomic mass is 79.9. The molecule has 2 rings (SSSR count). The van der Waals surface area contributed by atoms with Gasteiger partial charge in [-0.05, 0) is 75.2 Å². The van der Waals surface area contributed by atoms with E-state index in [0.717, 1.165) is 12.1 Å². The summed E-state index contributed by atoms with van der Waals surface area (Å²) in [5, 5.41) is 8.29. The highest BCUT2D eigenvalue weighted by molar-refractivity contribution is 9.10. The van der Waals surface area contributed by atoms with Gasteiger partial charge in [-0.2, -0.15) is 0 Å². The second-order valence-electron chi connectivity index (χ2n) is 5.92. The van der Waals surface area contributed by atoms with Crippen LogP contribution in [0.2, 0.25) is 0 Å². The Labute approximate surface area is 188 Å². The first-order chi connectivity index (χ1) is 14.0. The third-order valence-corrected chi connectivity index (χ3v) is 4.81. The predicted octanol–water partition coefficient (Wildman–Crippen LogP) is 5.55. The monoisotopic (exact) mass is 544 g/mol. The highest BCUT2D eigenvalue weighted by Gasteiger charge is 2.09. The molecule has 158 valence electrons. The summed E-state index contributed by atoms with van der Waals surface area (Å²) in [6, 6.07) is 8.02. The van der Waals surface area contributed by atoms with Crippen molar-refractivity contribution >= 4 is 55.2 Å². The molecule has 0 aliphatic heterocycles. The Balaban J connectivity index is 0.000000300. The van der Waals surface area contributed by atoms with Crippen molar-refractivity contribution in [3.63, 3.8) is 0 Å². The van der Waals surface area contributed by atoms with Crippen molar-refractivity contribution in [2.45, 2.75) is 19.8 Å². The number of carbonyl (C=O) groups excluding carboxylic acids is 3. The van der Waals surface area contributed by atoms with Crippen molar-refractivity contribution in [3.05, 3.63) is 80.3 Å². The van der Waals surface area contributed by atoms with Crippen LogP contribution in [0.15, 0.2) is 57.5 Å². The molecule has 0 fully saturated rings. The minimum atomic E-state index is -1.22. The summed E-state index contributed by atoms with van der Waals surface area (Å²) in [4.78, 5) is 43.6. The molecule has 0 bridgehead atoms. The normalized spacial score (nSPS) is 10.3. The second kappa shape index (κ2) is 12.2. The zero-order valence-corrected chi connectivity index (χ0v) is 18.8. The minimum absolute atomic E-state index is 0.0408. The number of rotatable bonds is 7. The summed E-state index contributed by atoms with van der Waals surface area (Å²) in [6.07, 6.45) is 1.93. The van der Waals surface area contributed by atoms with Crippen LogP contribution in [0.1, 0.15) is 40.5 Å². The van der Waals surface area contributed by atoms with Crippen LogP contribution in [0, 0.1) is 11.6 Å². The van der Waals surface area contributed by atoms with Crippen molar-refractivity contribution in [1.29, 1.82) is 0 Å². The number of aliphatic carboxylic acids is 1. The number of carboxylic acids is 1. The van der Waals surface area contributed by atoms with Crippen molar-refractivity contribution in [1.82, 2.24) is 0 Å². The summed E-state index contributed by atoms with van der Waals surface area (Å²) in [6.45, 7) is 1.43. The van der Waals surface area contributed by atoms with E-state index in [9.17, 15) is 28.0 Å². The van der Waals surface area contributed by atoms with Crippen molar-refractivity contribution in [2.24, 2.45) is 0 Å². The summed E-state index contributed by atoms with van der Waals surface area (Å²) >= 11 is 5.94. The van der Waals surface area contributed by atoms with Crippen LogP contribution in [0.5, 0.6) is 0 Å². The number of hydrogen-bond acceptors (Lipinski definition) is 4. The van der Waals surface area contributed by atoms with E-state index in [4.69, 9.17) is 5.11 Å². The summed E-state index contributed by atoms with van der Waals surface area (Å²) in [5.74, 6) is -3.06. The van der Waals surface area contributed by atoms with E-state index >= 15 is 0 Å². The predicted molar refractivity (Wildman–Crippen MR) is 114 cm³/mol. The molecular formula is C21H16Br2F2O5. The molecule has 0 unspecified atom stereocenters. The van der Waals surface area contributed by atoms with Gasteiger partial charge >= 0.3 is 5.97 Å². The van der Waals surface area contributed by atoms with Crippen LogP contribution in [0.25, 0.3) is 0 Å². The first-order valence-electron chi connectivity index (χ1n) is 8.39. The maximum Gasteiger partial charge on any atom is 0.328 e. The minimum Gasteiger partial charge on any atom is -0.478 e. The second-order valence-corrected chi connectivity index (χ2v) is 7.63. The van der Waals surface area contributed by atoms with E-state index in [1.54, 1.807) is 0 Å². The van der Waals surface area contributed by atoms with Gasteiger partial charge in [-0.15, -0.1) is 0 Å². The molecular weight excluding hydrogens is 530 g/mol. The number of carboxylic acid groups (broad SMARTS) is 1. The van der Waals surface area contributed by atoms with Crippen LogP contribution in [-0.4, -0.2) is 28.4 Å². The average molecular weight is 546 g/mol. The molecule has 0 saturated heterocycles. The van der Waals surface area contributed by atoms with Gasteiger partial charge in [-0.1, -0.05) is 6.07 Å². The van der Waals surface area contributed by atoms with E-state index < -0.39 is 23.4 Å². The molecule has 5 nitrogen and oxygen atoms in total. The van der Waals surface area contributed by atoms with Gasteiger partial charge in [-0.3, -0.25) is 9.59 Å². The molecule has 0 radical (unpaired) electrons. The molecule has 30 heavy (non-hydrogen) atoms. The molecule has 0 aliphatic carbocycles. The summed E-state index contributed by atoms with van der Waals surface area (Å²) in [7, 11) is 0. The summed E-state index contributed by atoms with van der Waals surface area (Å²) in [5.41, 5.74) is 0.408. The third-order valence-electron chi connectivity index (χ3n) is 3.53. The first-order valence-corrected chi connectivity index (χ1v) is 9.98. The molecule has 0 aliphatic rings.